The number of Topliss-reactive ketones (excluding diaryl/α,β-unsaturated/α-hetero) is 1. The maximum absolute atomic E-state index is 13.8. The number of hydrazine groups is 1. The molecule has 16 heteroatoms. The van der Waals surface area contributed by atoms with E-state index in [9.17, 15) is 33.3 Å². The second-order valence-electron chi connectivity index (χ2n) is 9.03. The van der Waals surface area contributed by atoms with Gasteiger partial charge in [-0.15, -0.1) is 0 Å². The van der Waals surface area contributed by atoms with Crippen LogP contribution in [0.2, 0.25) is 5.02 Å². The van der Waals surface area contributed by atoms with Crippen molar-refractivity contribution in [2.75, 3.05) is 19.8 Å². The van der Waals surface area contributed by atoms with E-state index in [2.05, 4.69) is 11.9 Å². The molecule has 0 radical (unpaired) electrons. The lowest BCUT2D eigenvalue weighted by Gasteiger charge is -2.48. The number of esters is 1. The van der Waals surface area contributed by atoms with Crippen molar-refractivity contribution in [1.29, 1.82) is 0 Å². The predicted octanol–water partition coefficient (Wildman–Crippen LogP) is 2.25. The third kappa shape index (κ3) is 8.84. The van der Waals surface area contributed by atoms with Gasteiger partial charge in [-0.2, -0.15) is 5.43 Å². The van der Waals surface area contributed by atoms with E-state index in [4.69, 9.17) is 25.8 Å². The Hall–Kier alpha value is -3.82. The largest absolute Gasteiger partial charge is 0.589 e. The zero-order chi connectivity index (χ0) is 31.6. The molecule has 0 aliphatic carbocycles. The molecule has 0 spiro atoms. The molecule has 1 saturated heterocycles. The Morgan fingerprint density at radius 1 is 1.07 bits per heavy atom. The highest BCUT2D eigenvalue weighted by atomic mass is 35.5. The number of amides is 4. The SMILES string of the molecule is C=C(C)C(C(=O)OCC(=O)c1ccc(Cl)cc1)N1C(=O)C(NC(C)=O)C1[S+]([O-])N(NC(=O)OCCC)C(=O)OCCC. The minimum Gasteiger partial charge on any atom is -0.589 e. The normalized spacial score (nSPS) is 17.2. The minimum absolute atomic E-state index is 0.0167. The first-order chi connectivity index (χ1) is 19.8. The molecule has 4 atom stereocenters. The van der Waals surface area contributed by atoms with Crippen molar-refractivity contribution in [3.8, 4) is 0 Å². The van der Waals surface area contributed by atoms with E-state index in [-0.39, 0.29) is 24.4 Å². The molecule has 4 unspecified atom stereocenters. The van der Waals surface area contributed by atoms with Gasteiger partial charge < -0.3 is 24.1 Å². The molecule has 4 amide bonds. The molecule has 230 valence electrons. The van der Waals surface area contributed by atoms with Crippen LogP contribution in [-0.4, -0.2) is 86.9 Å². The molecule has 1 aliphatic rings. The summed E-state index contributed by atoms with van der Waals surface area (Å²) in [6.07, 6.45) is -1.53. The Labute approximate surface area is 250 Å². The Balaban J connectivity index is 2.36. The Bertz CT molecular complexity index is 1200. The number of nitrogens with zero attached hydrogens (tertiary/aromatic N) is 2. The summed E-state index contributed by atoms with van der Waals surface area (Å²) in [5.74, 6) is -3.18. The fraction of sp³-hybridized carbons (Fsp3) is 0.462. The van der Waals surface area contributed by atoms with Gasteiger partial charge in [0.05, 0.1) is 13.2 Å². The van der Waals surface area contributed by atoms with Crippen LogP contribution in [0.1, 0.15) is 50.9 Å². The summed E-state index contributed by atoms with van der Waals surface area (Å²) in [7, 11) is 0. The van der Waals surface area contributed by atoms with Crippen LogP contribution in [0.25, 0.3) is 0 Å². The molecule has 1 aliphatic heterocycles. The van der Waals surface area contributed by atoms with Gasteiger partial charge in [0, 0.05) is 17.5 Å². The van der Waals surface area contributed by atoms with Crippen molar-refractivity contribution < 1.29 is 47.5 Å². The van der Waals surface area contributed by atoms with Crippen LogP contribution in [0, 0.1) is 0 Å². The summed E-state index contributed by atoms with van der Waals surface area (Å²) in [5.41, 5.74) is 2.31. The summed E-state index contributed by atoms with van der Waals surface area (Å²) in [6, 6.07) is 2.80. The van der Waals surface area contributed by atoms with Gasteiger partial charge in [0.1, 0.15) is 11.4 Å². The molecule has 2 rings (SSSR count). The first-order valence-corrected chi connectivity index (χ1v) is 14.4. The number of hydrogen-bond donors (Lipinski definition) is 2. The molecule has 1 fully saturated rings. The summed E-state index contributed by atoms with van der Waals surface area (Å²) in [6.45, 7) is 8.84. The number of ether oxygens (including phenoxy) is 3. The second kappa shape index (κ2) is 16.0. The van der Waals surface area contributed by atoms with Gasteiger partial charge in [-0.25, -0.2) is 14.4 Å². The fourth-order valence-corrected chi connectivity index (χ4v) is 5.19. The van der Waals surface area contributed by atoms with E-state index < -0.39 is 71.2 Å². The topological polar surface area (TPSA) is 184 Å². The number of halogens is 1. The molecule has 14 nitrogen and oxygen atoms in total. The molecule has 1 aromatic carbocycles. The van der Waals surface area contributed by atoms with Crippen molar-refractivity contribution in [3.05, 3.63) is 47.0 Å². The van der Waals surface area contributed by atoms with Crippen LogP contribution in [0.15, 0.2) is 36.4 Å². The van der Waals surface area contributed by atoms with Crippen molar-refractivity contribution in [2.24, 2.45) is 0 Å². The highest BCUT2D eigenvalue weighted by Crippen LogP contribution is 2.32. The maximum atomic E-state index is 13.8. The quantitative estimate of drug-likeness (QED) is 0.0624. The minimum atomic E-state index is -2.66. The van der Waals surface area contributed by atoms with Crippen LogP contribution in [0.5, 0.6) is 0 Å². The second-order valence-corrected chi connectivity index (χ2v) is 10.9. The zero-order valence-electron chi connectivity index (χ0n) is 23.5. The number of hydrogen-bond acceptors (Lipinski definition) is 10. The number of nitrogens with one attached hydrogen (secondary N) is 2. The number of benzene rings is 1. The summed E-state index contributed by atoms with van der Waals surface area (Å²) in [4.78, 5) is 76.6. The molecule has 1 heterocycles. The monoisotopic (exact) mass is 628 g/mol. The number of rotatable bonds is 13. The van der Waals surface area contributed by atoms with Gasteiger partial charge in [0.25, 0.3) is 5.91 Å². The van der Waals surface area contributed by atoms with E-state index in [0.29, 0.717) is 22.3 Å². The average molecular weight is 629 g/mol. The van der Waals surface area contributed by atoms with E-state index in [0.717, 1.165) is 11.8 Å². The molecule has 1 aromatic rings. The number of carbonyl (C=O) groups excluding carboxylic acids is 6. The van der Waals surface area contributed by atoms with Crippen LogP contribution in [0.3, 0.4) is 0 Å². The van der Waals surface area contributed by atoms with Crippen molar-refractivity contribution in [2.45, 2.75) is 58.0 Å². The fourth-order valence-electron chi connectivity index (χ4n) is 3.64. The van der Waals surface area contributed by atoms with Crippen LogP contribution in [-0.2, 0) is 40.0 Å². The molecule has 0 saturated carbocycles. The number of likely N-dealkylation sites (tertiary alicyclic amines) is 1. The van der Waals surface area contributed by atoms with Crippen molar-refractivity contribution in [3.63, 3.8) is 0 Å². The van der Waals surface area contributed by atoms with E-state index in [1.807, 2.05) is 5.43 Å². The number of ketones is 1. The van der Waals surface area contributed by atoms with E-state index >= 15 is 0 Å². The number of β-lactam (4-membered cyclic amide) rings is 1. The standard InChI is InChI=1S/C26H33ClN4O10S/c1-6-12-39-25(36)29-31(26(37)40-13-7-2)42(38)23-20(28-16(5)32)22(34)30(23)21(15(3)4)24(35)41-14-19(33)17-8-10-18(27)11-9-17/h8-11,20-21,23H,3,6-7,12-14H2,1-2,4-5H3,(H,28,32)(H,29,36). The average Bonchev–Trinajstić information content (AvgIpc) is 2.94. The summed E-state index contributed by atoms with van der Waals surface area (Å²) in [5, 5.41) is 1.15. The summed E-state index contributed by atoms with van der Waals surface area (Å²) >= 11 is 3.17. The molecular weight excluding hydrogens is 596 g/mol. The molecule has 0 aromatic heterocycles. The lowest BCUT2D eigenvalue weighted by Crippen LogP contribution is -2.78. The van der Waals surface area contributed by atoms with Gasteiger partial charge in [-0.1, -0.05) is 32.0 Å². The third-order valence-corrected chi connectivity index (χ3v) is 7.30. The Kier molecular flexibility index (Phi) is 13.1. The van der Waals surface area contributed by atoms with Crippen LogP contribution >= 0.6 is 11.6 Å². The number of carbonyl (C=O) groups is 6. The third-order valence-electron chi connectivity index (χ3n) is 5.53. The zero-order valence-corrected chi connectivity index (χ0v) is 25.1. The Morgan fingerprint density at radius 3 is 2.21 bits per heavy atom. The van der Waals surface area contributed by atoms with Crippen molar-refractivity contribution in [1.82, 2.24) is 20.1 Å². The first-order valence-electron chi connectivity index (χ1n) is 12.8. The molecular formula is C26H33ClN4O10S. The lowest BCUT2D eigenvalue weighted by molar-refractivity contribution is -0.162. The van der Waals surface area contributed by atoms with Gasteiger partial charge >= 0.3 is 18.2 Å². The van der Waals surface area contributed by atoms with E-state index in [1.54, 1.807) is 13.8 Å². The highest BCUT2D eigenvalue weighted by Gasteiger charge is 2.62. The highest BCUT2D eigenvalue weighted by molar-refractivity contribution is 7.90. The smallest absolute Gasteiger partial charge is 0.472 e. The summed E-state index contributed by atoms with van der Waals surface area (Å²) < 4.78 is 29.2. The first kappa shape index (κ1) is 34.4. The molecule has 2 N–H and O–H groups in total. The molecule has 42 heavy (non-hydrogen) atoms. The van der Waals surface area contributed by atoms with E-state index in [1.165, 1.54) is 31.2 Å². The Morgan fingerprint density at radius 2 is 1.67 bits per heavy atom. The maximum Gasteiger partial charge on any atom is 0.472 e. The van der Waals surface area contributed by atoms with Crippen LogP contribution < -0.4 is 10.7 Å². The molecule has 0 bridgehead atoms. The van der Waals surface area contributed by atoms with Gasteiger partial charge in [-0.3, -0.25) is 19.3 Å². The lowest BCUT2D eigenvalue weighted by atomic mass is 9.99. The predicted molar refractivity (Wildman–Crippen MR) is 150 cm³/mol. The van der Waals surface area contributed by atoms with Crippen LogP contribution in [0.4, 0.5) is 9.59 Å². The van der Waals surface area contributed by atoms with Gasteiger partial charge in [0.2, 0.25) is 11.3 Å². The van der Waals surface area contributed by atoms with Gasteiger partial charge in [-0.05, 0) is 54.0 Å². The van der Waals surface area contributed by atoms with Gasteiger partial charge in [0.15, 0.2) is 24.5 Å². The van der Waals surface area contributed by atoms with Crippen molar-refractivity contribution >= 4 is 58.7 Å².